The fourth-order valence-corrected chi connectivity index (χ4v) is 1.97. The Hall–Kier alpha value is -0.890. The first kappa shape index (κ1) is 12.2. The van der Waals surface area contributed by atoms with E-state index in [2.05, 4.69) is 22.0 Å². The normalized spacial score (nSPS) is 14.3. The fraction of sp³-hybridized carbons (Fsp3) is 0.364. The van der Waals surface area contributed by atoms with Gasteiger partial charge in [0.05, 0.1) is 11.6 Å². The molecule has 0 amide bonds. The third-order valence-corrected chi connectivity index (χ3v) is 3.20. The number of nitrogens with two attached hydrogens (primary N) is 1. The predicted molar refractivity (Wildman–Crippen MR) is 62.3 cm³/mol. The summed E-state index contributed by atoms with van der Waals surface area (Å²) in [6, 6.07) is 7.47. The first-order chi connectivity index (χ1) is 7.07. The molecular weight excluding hydrogens is 256 g/mol. The Morgan fingerprint density at radius 2 is 2.27 bits per heavy atom. The Morgan fingerprint density at radius 3 is 2.73 bits per heavy atom. The van der Waals surface area contributed by atoms with Crippen LogP contribution in [0.25, 0.3) is 0 Å². The zero-order valence-electron chi connectivity index (χ0n) is 8.75. The van der Waals surface area contributed by atoms with Crippen LogP contribution in [-0.2, 0) is 10.3 Å². The van der Waals surface area contributed by atoms with Gasteiger partial charge in [0.2, 0.25) is 0 Å². The lowest BCUT2D eigenvalue weighted by Crippen LogP contribution is -2.34. The fourth-order valence-electron chi connectivity index (χ4n) is 1.30. The van der Waals surface area contributed by atoms with Crippen molar-refractivity contribution in [2.45, 2.75) is 12.5 Å². The highest BCUT2D eigenvalue weighted by Gasteiger charge is 2.26. The van der Waals surface area contributed by atoms with Crippen LogP contribution in [-0.4, -0.2) is 13.7 Å². The largest absolute Gasteiger partial charge is 0.372 e. The number of hydrogen-bond donors (Lipinski definition) is 1. The second kappa shape index (κ2) is 4.75. The molecule has 1 rings (SSSR count). The average Bonchev–Trinajstić information content (AvgIpc) is 2.28. The van der Waals surface area contributed by atoms with Gasteiger partial charge in [-0.05, 0) is 25.1 Å². The van der Waals surface area contributed by atoms with E-state index < -0.39 is 5.60 Å². The van der Waals surface area contributed by atoms with Crippen molar-refractivity contribution in [3.8, 4) is 6.07 Å². The van der Waals surface area contributed by atoms with Crippen LogP contribution < -0.4 is 5.73 Å². The molecule has 0 aromatic heterocycles. The molecule has 0 radical (unpaired) electrons. The van der Waals surface area contributed by atoms with Gasteiger partial charge in [0, 0.05) is 23.7 Å². The first-order valence-corrected chi connectivity index (χ1v) is 5.32. The molecule has 1 atom stereocenters. The van der Waals surface area contributed by atoms with E-state index in [1.807, 2.05) is 13.0 Å². The van der Waals surface area contributed by atoms with Crippen LogP contribution in [0.5, 0.6) is 0 Å². The molecule has 80 valence electrons. The number of hydrogen-bond acceptors (Lipinski definition) is 3. The van der Waals surface area contributed by atoms with Crippen LogP contribution in [0.15, 0.2) is 22.7 Å². The van der Waals surface area contributed by atoms with Crippen LogP contribution >= 0.6 is 15.9 Å². The number of ether oxygens (including phenoxy) is 1. The van der Waals surface area contributed by atoms with E-state index in [1.165, 1.54) is 0 Å². The molecule has 1 aromatic rings. The summed E-state index contributed by atoms with van der Waals surface area (Å²) in [6.45, 7) is 2.26. The lowest BCUT2D eigenvalue weighted by molar-refractivity contribution is 0.00946. The van der Waals surface area contributed by atoms with Crippen molar-refractivity contribution >= 4 is 15.9 Å². The molecule has 0 heterocycles. The molecule has 0 spiro atoms. The highest BCUT2D eigenvalue weighted by molar-refractivity contribution is 9.10. The van der Waals surface area contributed by atoms with Crippen molar-refractivity contribution in [3.05, 3.63) is 33.8 Å². The molecule has 1 aromatic carbocycles. The topological polar surface area (TPSA) is 59.0 Å². The molecule has 0 fully saturated rings. The standard InChI is InChI=1S/C11H13BrN2O/c1-11(7-14,15-2)9-5-8(6-13)3-4-10(9)12/h3-5H,7,14H2,1-2H3. The highest BCUT2D eigenvalue weighted by Crippen LogP contribution is 2.31. The van der Waals surface area contributed by atoms with Gasteiger partial charge in [-0.3, -0.25) is 0 Å². The van der Waals surface area contributed by atoms with Gasteiger partial charge in [-0.1, -0.05) is 15.9 Å². The van der Waals surface area contributed by atoms with Crippen LogP contribution in [0.3, 0.4) is 0 Å². The average molecular weight is 269 g/mol. The van der Waals surface area contributed by atoms with E-state index in [0.29, 0.717) is 12.1 Å². The number of halogens is 1. The second-order valence-corrected chi connectivity index (χ2v) is 4.30. The Labute approximate surface area is 98.0 Å². The summed E-state index contributed by atoms with van der Waals surface area (Å²) >= 11 is 3.43. The molecular formula is C11H13BrN2O. The summed E-state index contributed by atoms with van der Waals surface area (Å²) in [4.78, 5) is 0. The van der Waals surface area contributed by atoms with Gasteiger partial charge in [-0.15, -0.1) is 0 Å². The van der Waals surface area contributed by atoms with E-state index in [-0.39, 0.29) is 0 Å². The van der Waals surface area contributed by atoms with E-state index in [9.17, 15) is 0 Å². The Kier molecular flexibility index (Phi) is 3.86. The third-order valence-electron chi connectivity index (χ3n) is 2.51. The highest BCUT2D eigenvalue weighted by atomic mass is 79.9. The second-order valence-electron chi connectivity index (χ2n) is 3.45. The van der Waals surface area contributed by atoms with Gasteiger partial charge in [0.15, 0.2) is 0 Å². The molecule has 0 aliphatic rings. The molecule has 0 aliphatic carbocycles. The van der Waals surface area contributed by atoms with E-state index in [4.69, 9.17) is 15.7 Å². The van der Waals surface area contributed by atoms with Gasteiger partial charge < -0.3 is 10.5 Å². The molecule has 1 unspecified atom stereocenters. The van der Waals surface area contributed by atoms with Gasteiger partial charge in [-0.2, -0.15) is 5.26 Å². The monoisotopic (exact) mass is 268 g/mol. The van der Waals surface area contributed by atoms with Crippen LogP contribution in [0.4, 0.5) is 0 Å². The summed E-state index contributed by atoms with van der Waals surface area (Å²) in [7, 11) is 1.61. The Balaban J connectivity index is 3.29. The zero-order chi connectivity index (χ0) is 11.5. The van der Waals surface area contributed by atoms with Crippen molar-refractivity contribution in [2.24, 2.45) is 5.73 Å². The van der Waals surface area contributed by atoms with Gasteiger partial charge >= 0.3 is 0 Å². The minimum absolute atomic E-state index is 0.358. The SMILES string of the molecule is COC(C)(CN)c1cc(C#N)ccc1Br. The molecule has 15 heavy (non-hydrogen) atoms. The summed E-state index contributed by atoms with van der Waals surface area (Å²) < 4.78 is 6.29. The quantitative estimate of drug-likeness (QED) is 0.914. The number of nitriles is 1. The van der Waals surface area contributed by atoms with Crippen molar-refractivity contribution < 1.29 is 4.74 Å². The zero-order valence-corrected chi connectivity index (χ0v) is 10.3. The van der Waals surface area contributed by atoms with E-state index >= 15 is 0 Å². The smallest absolute Gasteiger partial charge is 0.103 e. The van der Waals surface area contributed by atoms with Crippen molar-refractivity contribution in [2.75, 3.05) is 13.7 Å². The summed E-state index contributed by atoms with van der Waals surface area (Å²) in [6.07, 6.45) is 0. The number of methoxy groups -OCH3 is 1. The third kappa shape index (κ3) is 2.37. The van der Waals surface area contributed by atoms with Gasteiger partial charge in [0.25, 0.3) is 0 Å². The van der Waals surface area contributed by atoms with Crippen molar-refractivity contribution in [3.63, 3.8) is 0 Å². The van der Waals surface area contributed by atoms with Gasteiger partial charge in [-0.25, -0.2) is 0 Å². The molecule has 3 nitrogen and oxygen atoms in total. The molecule has 0 saturated carbocycles. The predicted octanol–water partition coefficient (Wildman–Crippen LogP) is 2.14. The summed E-state index contributed by atoms with van der Waals surface area (Å²) in [5, 5.41) is 8.83. The van der Waals surface area contributed by atoms with Crippen molar-refractivity contribution in [1.29, 1.82) is 5.26 Å². The number of rotatable bonds is 3. The minimum Gasteiger partial charge on any atom is -0.372 e. The van der Waals surface area contributed by atoms with Crippen LogP contribution in [0.2, 0.25) is 0 Å². The summed E-state index contributed by atoms with van der Waals surface area (Å²) in [5.74, 6) is 0. The molecule has 0 saturated heterocycles. The molecule has 4 heteroatoms. The van der Waals surface area contributed by atoms with Crippen molar-refractivity contribution in [1.82, 2.24) is 0 Å². The minimum atomic E-state index is -0.564. The Morgan fingerprint density at radius 1 is 1.60 bits per heavy atom. The summed E-state index contributed by atoms with van der Waals surface area (Å²) in [5.41, 5.74) is 6.61. The molecule has 0 bridgehead atoms. The van der Waals surface area contributed by atoms with Gasteiger partial charge in [0.1, 0.15) is 5.60 Å². The van der Waals surface area contributed by atoms with E-state index in [0.717, 1.165) is 10.0 Å². The number of benzene rings is 1. The maximum absolute atomic E-state index is 8.83. The maximum atomic E-state index is 8.83. The van der Waals surface area contributed by atoms with Crippen LogP contribution in [0, 0.1) is 11.3 Å². The van der Waals surface area contributed by atoms with Crippen LogP contribution in [0.1, 0.15) is 18.1 Å². The first-order valence-electron chi connectivity index (χ1n) is 4.52. The molecule has 2 N–H and O–H groups in total. The molecule has 0 aliphatic heterocycles. The van der Waals surface area contributed by atoms with E-state index in [1.54, 1.807) is 19.2 Å². The lowest BCUT2D eigenvalue weighted by Gasteiger charge is -2.28. The lowest BCUT2D eigenvalue weighted by atomic mass is 9.94. The maximum Gasteiger partial charge on any atom is 0.103 e. The Bertz CT molecular complexity index is 394. The number of nitrogens with zero attached hydrogens (tertiary/aromatic N) is 1.